The fourth-order valence-corrected chi connectivity index (χ4v) is 4.54. The Balaban J connectivity index is 1.51. The molecule has 0 unspecified atom stereocenters. The Kier molecular flexibility index (Phi) is 6.68. The van der Waals surface area contributed by atoms with E-state index in [2.05, 4.69) is 0 Å². The molecule has 0 N–H and O–H groups in total. The van der Waals surface area contributed by atoms with Gasteiger partial charge in [-0.15, -0.1) is 0 Å². The number of nitro groups is 1. The summed E-state index contributed by atoms with van der Waals surface area (Å²) in [7, 11) is 3.49. The van der Waals surface area contributed by atoms with Crippen LogP contribution in [0.25, 0.3) is 0 Å². The minimum atomic E-state index is -0.870. The molecule has 2 heterocycles. The van der Waals surface area contributed by atoms with Gasteiger partial charge in [-0.1, -0.05) is 12.1 Å². The summed E-state index contributed by atoms with van der Waals surface area (Å²) in [5.41, 5.74) is 1.78. The number of ether oxygens (including phenoxy) is 1. The van der Waals surface area contributed by atoms with Gasteiger partial charge in [-0.3, -0.25) is 14.9 Å². The number of esters is 1. The van der Waals surface area contributed by atoms with Crippen molar-refractivity contribution in [2.24, 2.45) is 0 Å². The molecule has 35 heavy (non-hydrogen) atoms. The number of fused-ring (bicyclic) bond motifs is 1. The Hall–Kier alpha value is -4.39. The van der Waals surface area contributed by atoms with Gasteiger partial charge >= 0.3 is 5.97 Å². The van der Waals surface area contributed by atoms with E-state index in [1.54, 1.807) is 30.0 Å². The Morgan fingerprint density at radius 3 is 2.23 bits per heavy atom. The van der Waals surface area contributed by atoms with Gasteiger partial charge in [0.1, 0.15) is 23.2 Å². The lowest BCUT2D eigenvalue weighted by molar-refractivity contribution is -0.384. The van der Waals surface area contributed by atoms with Gasteiger partial charge in [0.25, 0.3) is 5.69 Å². The van der Waals surface area contributed by atoms with Crippen molar-refractivity contribution in [2.45, 2.75) is 19.3 Å². The van der Waals surface area contributed by atoms with Gasteiger partial charge in [0.2, 0.25) is 5.78 Å². The summed E-state index contributed by atoms with van der Waals surface area (Å²) in [6, 6.07) is 13.6. The lowest BCUT2D eigenvalue weighted by atomic mass is 10.1. The van der Waals surface area contributed by atoms with Crippen LogP contribution < -0.4 is 14.7 Å². The number of carbonyl (C=O) groups excluding carboxylic acids is 2. The van der Waals surface area contributed by atoms with Crippen molar-refractivity contribution < 1.29 is 19.2 Å². The molecular weight excluding hydrogens is 450 g/mol. The highest BCUT2D eigenvalue weighted by atomic mass is 16.6. The maximum absolute atomic E-state index is 12.8. The first kappa shape index (κ1) is 23.8. The Morgan fingerprint density at radius 1 is 1.03 bits per heavy atom. The molecule has 4 rings (SSSR count). The van der Waals surface area contributed by atoms with Gasteiger partial charge in [-0.2, -0.15) is 5.26 Å². The third-order valence-electron chi connectivity index (χ3n) is 6.29. The lowest BCUT2D eigenvalue weighted by Crippen LogP contribution is -2.30. The molecule has 0 aromatic heterocycles. The lowest BCUT2D eigenvalue weighted by Gasteiger charge is -2.28. The number of piperidine rings is 1. The third-order valence-corrected chi connectivity index (χ3v) is 6.29. The van der Waals surface area contributed by atoms with E-state index in [9.17, 15) is 25.0 Å². The molecule has 180 valence electrons. The summed E-state index contributed by atoms with van der Waals surface area (Å²) in [6.45, 7) is 0.778. The SMILES string of the molecule is CN1C(=C(C#N)C(=O)COC(=O)c2ccc(N3CCCCC3)c([N+](=O)[O-])c2)N(C)c2ccccc21. The number of nitriles is 1. The smallest absolute Gasteiger partial charge is 0.338 e. The Morgan fingerprint density at radius 2 is 1.66 bits per heavy atom. The molecule has 0 atom stereocenters. The van der Waals surface area contributed by atoms with Crippen LogP contribution in [0.5, 0.6) is 0 Å². The van der Waals surface area contributed by atoms with Crippen molar-refractivity contribution in [3.8, 4) is 6.07 Å². The maximum atomic E-state index is 12.8. The zero-order valence-corrected chi connectivity index (χ0v) is 19.6. The monoisotopic (exact) mass is 475 g/mol. The van der Waals surface area contributed by atoms with Crippen molar-refractivity contribution in [2.75, 3.05) is 48.5 Å². The summed E-state index contributed by atoms with van der Waals surface area (Å²) in [5.74, 6) is -1.15. The van der Waals surface area contributed by atoms with E-state index in [0.29, 0.717) is 11.5 Å². The predicted molar refractivity (Wildman–Crippen MR) is 130 cm³/mol. The van der Waals surface area contributed by atoms with Gasteiger partial charge in [0.15, 0.2) is 6.61 Å². The van der Waals surface area contributed by atoms with Crippen LogP contribution >= 0.6 is 0 Å². The van der Waals surface area contributed by atoms with Crippen molar-refractivity contribution in [3.63, 3.8) is 0 Å². The minimum absolute atomic E-state index is 0.0288. The first-order chi connectivity index (χ1) is 16.8. The Bertz CT molecular complexity index is 1230. The van der Waals surface area contributed by atoms with Crippen molar-refractivity contribution in [1.82, 2.24) is 0 Å². The molecule has 1 fully saturated rings. The van der Waals surface area contributed by atoms with Crippen LogP contribution in [0.4, 0.5) is 22.7 Å². The quantitative estimate of drug-likeness (QED) is 0.203. The van der Waals surface area contributed by atoms with Crippen LogP contribution in [-0.2, 0) is 9.53 Å². The molecule has 0 amide bonds. The van der Waals surface area contributed by atoms with Crippen LogP contribution in [0.15, 0.2) is 53.9 Å². The van der Waals surface area contributed by atoms with E-state index in [1.807, 2.05) is 35.2 Å². The van der Waals surface area contributed by atoms with E-state index in [0.717, 1.165) is 43.7 Å². The predicted octanol–water partition coefficient (Wildman–Crippen LogP) is 3.63. The maximum Gasteiger partial charge on any atom is 0.338 e. The summed E-state index contributed by atoms with van der Waals surface area (Å²) in [4.78, 5) is 42.0. The highest BCUT2D eigenvalue weighted by molar-refractivity contribution is 6.04. The molecule has 0 spiro atoms. The summed E-state index contributed by atoms with van der Waals surface area (Å²) in [5, 5.41) is 21.4. The first-order valence-electron chi connectivity index (χ1n) is 11.3. The molecule has 0 saturated carbocycles. The molecule has 2 aliphatic heterocycles. The number of nitro benzene ring substituents is 1. The molecule has 0 bridgehead atoms. The number of para-hydroxylation sites is 2. The topological polar surface area (TPSA) is 120 Å². The fourth-order valence-electron chi connectivity index (χ4n) is 4.54. The largest absolute Gasteiger partial charge is 0.454 e. The molecule has 10 nitrogen and oxygen atoms in total. The number of Topliss-reactive ketones (excluding diaryl/α,β-unsaturated/α-hetero) is 1. The second kappa shape index (κ2) is 9.85. The number of hydrogen-bond donors (Lipinski definition) is 0. The van der Waals surface area contributed by atoms with E-state index >= 15 is 0 Å². The van der Waals surface area contributed by atoms with E-state index < -0.39 is 23.3 Å². The van der Waals surface area contributed by atoms with Gasteiger partial charge in [0.05, 0.1) is 21.9 Å². The molecule has 10 heteroatoms. The van der Waals surface area contributed by atoms with E-state index in [-0.39, 0.29) is 16.8 Å². The second-order valence-corrected chi connectivity index (χ2v) is 8.42. The van der Waals surface area contributed by atoms with Crippen LogP contribution in [-0.4, -0.2) is 50.5 Å². The average Bonchev–Trinajstić information content (AvgIpc) is 3.13. The summed E-state index contributed by atoms with van der Waals surface area (Å²) >= 11 is 0. The third kappa shape index (κ3) is 4.53. The normalized spacial score (nSPS) is 14.9. The summed E-state index contributed by atoms with van der Waals surface area (Å²) < 4.78 is 5.15. The fraction of sp³-hybridized carbons (Fsp3) is 0.320. The van der Waals surface area contributed by atoms with Crippen molar-refractivity contribution in [3.05, 3.63) is 69.5 Å². The van der Waals surface area contributed by atoms with Gasteiger partial charge in [-0.05, 0) is 43.5 Å². The Labute approximate surface area is 202 Å². The molecule has 2 aromatic rings. The number of rotatable bonds is 6. The van der Waals surface area contributed by atoms with Gasteiger partial charge in [0, 0.05) is 33.3 Å². The average molecular weight is 476 g/mol. The van der Waals surface area contributed by atoms with Crippen LogP contribution in [0, 0.1) is 21.4 Å². The standard InChI is InChI=1S/C25H25N5O5/c1-27-19-8-4-5-9-20(19)28(2)24(27)18(15-26)23(31)16-35-25(32)17-10-11-21(22(14-17)30(33)34)29-12-6-3-7-13-29/h4-5,8-11,14H,3,6-7,12-13,16H2,1-2H3. The molecule has 0 aliphatic carbocycles. The molecular formula is C25H25N5O5. The molecule has 2 aliphatic rings. The van der Waals surface area contributed by atoms with E-state index in [1.165, 1.54) is 12.1 Å². The second-order valence-electron chi connectivity index (χ2n) is 8.42. The number of nitrogens with zero attached hydrogens (tertiary/aromatic N) is 5. The van der Waals surface area contributed by atoms with Crippen molar-refractivity contribution >= 4 is 34.5 Å². The zero-order chi connectivity index (χ0) is 25.1. The molecule has 1 saturated heterocycles. The van der Waals surface area contributed by atoms with Gasteiger partial charge in [-0.25, -0.2) is 4.79 Å². The number of ketones is 1. The molecule has 2 aromatic carbocycles. The van der Waals surface area contributed by atoms with Gasteiger partial charge < -0.3 is 19.4 Å². The van der Waals surface area contributed by atoms with Crippen LogP contribution in [0.1, 0.15) is 29.6 Å². The number of anilines is 3. The van der Waals surface area contributed by atoms with Crippen LogP contribution in [0.2, 0.25) is 0 Å². The number of benzene rings is 2. The molecule has 0 radical (unpaired) electrons. The summed E-state index contributed by atoms with van der Waals surface area (Å²) in [6.07, 6.45) is 2.99. The van der Waals surface area contributed by atoms with E-state index in [4.69, 9.17) is 4.74 Å². The minimum Gasteiger partial charge on any atom is -0.454 e. The zero-order valence-electron chi connectivity index (χ0n) is 19.6. The number of carbonyl (C=O) groups is 2. The highest BCUT2D eigenvalue weighted by Gasteiger charge is 2.32. The first-order valence-corrected chi connectivity index (χ1v) is 11.3. The highest BCUT2D eigenvalue weighted by Crippen LogP contribution is 2.40. The van der Waals surface area contributed by atoms with Crippen LogP contribution in [0.3, 0.4) is 0 Å². The van der Waals surface area contributed by atoms with Crippen molar-refractivity contribution in [1.29, 1.82) is 5.26 Å². The number of hydrogen-bond acceptors (Lipinski definition) is 9.